The van der Waals surface area contributed by atoms with Crippen LogP contribution >= 0.6 is 0 Å². The number of aromatic nitrogens is 4. The molecule has 0 fully saturated rings. The fourth-order valence-electron chi connectivity index (χ4n) is 8.42. The van der Waals surface area contributed by atoms with Crippen LogP contribution in [-0.2, 0) is 0 Å². The summed E-state index contributed by atoms with van der Waals surface area (Å²) in [5.74, 6) is 0.705. The van der Waals surface area contributed by atoms with Gasteiger partial charge in [-0.25, -0.2) is 14.5 Å². The molecule has 4 nitrogen and oxygen atoms in total. The average Bonchev–Trinajstić information content (AvgIpc) is 3.76. The van der Waals surface area contributed by atoms with Crippen molar-refractivity contribution < 1.29 is 0 Å². The number of fused-ring (bicyclic) bond motifs is 3. The molecule has 0 aliphatic rings. The van der Waals surface area contributed by atoms with Gasteiger partial charge in [-0.1, -0.05) is 200 Å². The first-order chi connectivity index (χ1) is 30.2. The number of rotatable bonds is 8. The number of benzene rings is 8. The maximum Gasteiger partial charge on any atom is 0.160 e. The van der Waals surface area contributed by atoms with Crippen molar-refractivity contribution in [1.82, 2.24) is 19.6 Å². The SMILES string of the molecule is c1ccc(-c2cc(-c3cccc(-c4cccc(-c5ccc6c(c5)cc(-c5ccccc5)n5nc(-c7ccccc7)c(-c7ccccc7)c65)c4)c3)nc(-c3ccccc3)n2)cc1. The summed E-state index contributed by atoms with van der Waals surface area (Å²) in [4.78, 5) is 10.1. The molecular formula is C57H38N4. The maximum atomic E-state index is 5.39. The molecule has 0 unspecified atom stereocenters. The molecule has 11 rings (SSSR count). The summed E-state index contributed by atoms with van der Waals surface area (Å²) in [6, 6.07) is 81.1. The zero-order valence-corrected chi connectivity index (χ0v) is 33.2. The quantitative estimate of drug-likeness (QED) is 0.154. The predicted octanol–water partition coefficient (Wildman–Crippen LogP) is 14.6. The molecule has 3 heterocycles. The summed E-state index contributed by atoms with van der Waals surface area (Å²) < 4.78 is 2.15. The minimum atomic E-state index is 0.705. The van der Waals surface area contributed by atoms with Gasteiger partial charge in [-0.2, -0.15) is 5.10 Å². The summed E-state index contributed by atoms with van der Waals surface area (Å²) in [7, 11) is 0. The highest BCUT2D eigenvalue weighted by Crippen LogP contribution is 2.42. The number of pyridine rings is 1. The van der Waals surface area contributed by atoms with Crippen LogP contribution in [0, 0.1) is 0 Å². The van der Waals surface area contributed by atoms with E-state index in [2.05, 4.69) is 199 Å². The fourth-order valence-corrected chi connectivity index (χ4v) is 8.42. The third-order valence-electron chi connectivity index (χ3n) is 11.4. The van der Waals surface area contributed by atoms with Gasteiger partial charge in [0.25, 0.3) is 0 Å². The molecule has 0 N–H and O–H groups in total. The van der Waals surface area contributed by atoms with Gasteiger partial charge in [0.05, 0.1) is 22.6 Å². The van der Waals surface area contributed by atoms with Crippen LogP contribution in [0.5, 0.6) is 0 Å². The normalized spacial score (nSPS) is 11.3. The Morgan fingerprint density at radius 2 is 0.770 bits per heavy atom. The van der Waals surface area contributed by atoms with Crippen molar-refractivity contribution in [2.45, 2.75) is 0 Å². The molecule has 286 valence electrons. The Kier molecular flexibility index (Phi) is 9.14. The van der Waals surface area contributed by atoms with Gasteiger partial charge in [0.15, 0.2) is 5.82 Å². The third-order valence-corrected chi connectivity index (χ3v) is 11.4. The van der Waals surface area contributed by atoms with Crippen molar-refractivity contribution in [2.75, 3.05) is 0 Å². The molecule has 11 aromatic rings. The van der Waals surface area contributed by atoms with E-state index in [4.69, 9.17) is 15.1 Å². The third kappa shape index (κ3) is 6.86. The van der Waals surface area contributed by atoms with E-state index in [1.54, 1.807) is 0 Å². The van der Waals surface area contributed by atoms with Crippen LogP contribution in [0.3, 0.4) is 0 Å². The molecule has 0 amide bonds. The van der Waals surface area contributed by atoms with Gasteiger partial charge in [-0.3, -0.25) is 0 Å². The van der Waals surface area contributed by atoms with Crippen LogP contribution in [0.1, 0.15) is 0 Å². The fraction of sp³-hybridized carbons (Fsp3) is 0. The van der Waals surface area contributed by atoms with E-state index in [1.807, 2.05) is 36.4 Å². The van der Waals surface area contributed by atoms with Gasteiger partial charge in [-0.15, -0.1) is 0 Å². The topological polar surface area (TPSA) is 43.1 Å². The van der Waals surface area contributed by atoms with E-state index in [0.29, 0.717) is 5.82 Å². The van der Waals surface area contributed by atoms with Gasteiger partial charge >= 0.3 is 0 Å². The smallest absolute Gasteiger partial charge is 0.160 e. The lowest BCUT2D eigenvalue weighted by molar-refractivity contribution is 0.979. The van der Waals surface area contributed by atoms with Gasteiger partial charge < -0.3 is 0 Å². The Morgan fingerprint density at radius 1 is 0.311 bits per heavy atom. The monoisotopic (exact) mass is 778 g/mol. The first-order valence-electron chi connectivity index (χ1n) is 20.6. The second-order valence-electron chi connectivity index (χ2n) is 15.3. The molecule has 0 aliphatic carbocycles. The van der Waals surface area contributed by atoms with Gasteiger partial charge in [0.1, 0.15) is 5.69 Å². The minimum Gasteiger partial charge on any atom is -0.231 e. The Labute approximate surface area is 354 Å². The lowest BCUT2D eigenvalue weighted by atomic mass is 9.94. The van der Waals surface area contributed by atoms with Gasteiger partial charge in [0, 0.05) is 38.8 Å². The number of hydrogen-bond donors (Lipinski definition) is 0. The van der Waals surface area contributed by atoms with Crippen molar-refractivity contribution in [3.63, 3.8) is 0 Å². The van der Waals surface area contributed by atoms with Gasteiger partial charge in [-0.05, 0) is 63.5 Å². The van der Waals surface area contributed by atoms with Crippen molar-refractivity contribution >= 4 is 16.3 Å². The van der Waals surface area contributed by atoms with Crippen LogP contribution in [0.4, 0.5) is 0 Å². The van der Waals surface area contributed by atoms with Crippen molar-refractivity contribution in [3.8, 4) is 89.8 Å². The molecule has 0 saturated heterocycles. The minimum absolute atomic E-state index is 0.705. The summed E-state index contributed by atoms with van der Waals surface area (Å²) >= 11 is 0. The zero-order valence-electron chi connectivity index (χ0n) is 33.2. The van der Waals surface area contributed by atoms with Crippen LogP contribution in [-0.4, -0.2) is 19.6 Å². The van der Waals surface area contributed by atoms with Crippen LogP contribution in [0.2, 0.25) is 0 Å². The highest BCUT2D eigenvalue weighted by Gasteiger charge is 2.22. The van der Waals surface area contributed by atoms with Crippen LogP contribution in [0.15, 0.2) is 231 Å². The highest BCUT2D eigenvalue weighted by molar-refractivity contribution is 6.09. The molecular weight excluding hydrogens is 741 g/mol. The standard InChI is InChI=1S/C57H38N4/c1-6-18-39(19-7-1)51-38-52(59-57(58-51)43-26-14-5-15-27-43)48-31-17-30-46(35-48)44-28-16-29-45(34-44)47-32-33-50-49(36-47)37-53(40-20-8-2-9-21-40)61-56(50)54(41-22-10-3-11-23-41)55(60-61)42-24-12-4-13-25-42/h1-38H. The largest absolute Gasteiger partial charge is 0.231 e. The second kappa shape index (κ2) is 15.5. The van der Waals surface area contributed by atoms with E-state index in [-0.39, 0.29) is 0 Å². The molecule has 0 bridgehead atoms. The summed E-state index contributed by atoms with van der Waals surface area (Å²) in [6.07, 6.45) is 0. The maximum absolute atomic E-state index is 5.39. The lowest BCUT2D eigenvalue weighted by Crippen LogP contribution is -1.96. The molecule has 0 spiro atoms. The second-order valence-corrected chi connectivity index (χ2v) is 15.3. The van der Waals surface area contributed by atoms with Crippen molar-refractivity contribution in [3.05, 3.63) is 231 Å². The molecule has 0 aliphatic heterocycles. The average molecular weight is 779 g/mol. The summed E-state index contributed by atoms with van der Waals surface area (Å²) in [5, 5.41) is 7.69. The molecule has 8 aromatic carbocycles. The van der Waals surface area contributed by atoms with E-state index >= 15 is 0 Å². The molecule has 0 radical (unpaired) electrons. The first-order valence-corrected chi connectivity index (χ1v) is 20.6. The van der Waals surface area contributed by atoms with E-state index in [1.165, 1.54) is 0 Å². The molecule has 0 atom stereocenters. The van der Waals surface area contributed by atoms with Crippen molar-refractivity contribution in [1.29, 1.82) is 0 Å². The van der Waals surface area contributed by atoms with Crippen molar-refractivity contribution in [2.24, 2.45) is 0 Å². The Hall–Kier alpha value is -8.21. The molecule has 3 aromatic heterocycles. The molecule has 0 saturated carbocycles. The Bertz CT molecular complexity index is 3270. The summed E-state index contributed by atoms with van der Waals surface area (Å²) in [6.45, 7) is 0. The first kappa shape index (κ1) is 35.9. The number of hydrogen-bond acceptors (Lipinski definition) is 3. The Morgan fingerprint density at radius 3 is 1.38 bits per heavy atom. The van der Waals surface area contributed by atoms with Crippen LogP contribution < -0.4 is 0 Å². The van der Waals surface area contributed by atoms with E-state index < -0.39 is 0 Å². The summed E-state index contributed by atoms with van der Waals surface area (Å²) in [5.41, 5.74) is 16.9. The van der Waals surface area contributed by atoms with Gasteiger partial charge in [0.2, 0.25) is 0 Å². The zero-order chi connectivity index (χ0) is 40.5. The number of nitrogens with zero attached hydrogens (tertiary/aromatic N) is 4. The Balaban J connectivity index is 1.04. The van der Waals surface area contributed by atoms with E-state index in [9.17, 15) is 0 Å². The predicted molar refractivity (Wildman–Crippen MR) is 252 cm³/mol. The van der Waals surface area contributed by atoms with E-state index in [0.717, 1.165) is 100 Å². The molecule has 4 heteroatoms. The highest BCUT2D eigenvalue weighted by atomic mass is 15.2. The lowest BCUT2D eigenvalue weighted by Gasteiger charge is -2.13. The molecule has 61 heavy (non-hydrogen) atoms. The van der Waals surface area contributed by atoms with Crippen LogP contribution in [0.25, 0.3) is 106 Å².